The third kappa shape index (κ3) is 15.8. The number of esters is 1. The minimum atomic E-state index is -2.50. The SMILES string of the molecule is CO[C@@H]1C[C@H](C[C@@H](C)[C@@H]2CC(=O)[C@H](C)/C=C(\C)[C@H](O)[C@@H](OC)C(=O)[C@H](C)C[C@H](C)/C=C/C=C/C=C(\C)C(OC(C)(C)CO)C[C@@H]3CC[C@@H](C)[C@@](O)(O3)C(=O)C(=O)N3CCCC[C@H]3C(=O)O2)CC[C@H]1O. The Bertz CT molecular complexity index is 1870. The van der Waals surface area contributed by atoms with E-state index in [0.29, 0.717) is 63.4 Å². The lowest BCUT2D eigenvalue weighted by atomic mass is 9.78. The third-order valence-corrected chi connectivity index (χ3v) is 15.0. The lowest BCUT2D eigenvalue weighted by Gasteiger charge is -2.43. The highest BCUT2D eigenvalue weighted by atomic mass is 16.6. The fraction of sp³-hybridized carbons (Fsp3) is 0.759. The molecular weight excluding hydrogens is 887 g/mol. The van der Waals surface area contributed by atoms with Crippen molar-refractivity contribution in [2.45, 2.75) is 200 Å². The summed E-state index contributed by atoms with van der Waals surface area (Å²) in [6.45, 7) is 15.8. The lowest BCUT2D eigenvalue weighted by Crippen LogP contribution is -2.61. The summed E-state index contributed by atoms with van der Waals surface area (Å²) in [5.74, 6) is -8.32. The summed E-state index contributed by atoms with van der Waals surface area (Å²) in [5, 5.41) is 44.2. The van der Waals surface area contributed by atoms with E-state index in [1.165, 1.54) is 12.0 Å². The molecule has 2 bridgehead atoms. The van der Waals surface area contributed by atoms with Crippen molar-refractivity contribution in [1.82, 2.24) is 4.90 Å². The van der Waals surface area contributed by atoms with Crippen molar-refractivity contribution in [2.24, 2.45) is 35.5 Å². The molecule has 1 saturated carbocycles. The van der Waals surface area contributed by atoms with Gasteiger partial charge in [0.15, 0.2) is 5.78 Å². The van der Waals surface area contributed by atoms with E-state index in [9.17, 15) is 44.4 Å². The molecular formula is C54H85NO14. The standard InChI is InChI=1S/C54H85NO14/c1-32-17-13-12-14-18-33(2)45(69-53(8,9)31-56)29-40-22-20-38(7)54(64,68-40)50(61)51(62)55-24-16-15-19-41(55)52(63)67-44(35(4)27-39-21-23-42(57)46(28-39)65-10)30-43(58)34(3)26-37(6)48(60)49(66-11)47(59)36(5)25-32/h12-14,17-18,26,32,34-36,38-42,44-46,48-49,56-57,60,64H,15-16,19-25,27-31H2,1-11H3/b14-12+,17-13+,33-18+,37-26+/t32-,34-,35-,36-,38-,39+,40+,41+,42-,44+,45?,46-,48+,49+,54-/m1/s1. The number of ketones is 3. The molecule has 0 aromatic heterocycles. The molecule has 0 aromatic carbocycles. The van der Waals surface area contributed by atoms with Crippen LogP contribution in [0.25, 0.3) is 0 Å². The summed E-state index contributed by atoms with van der Waals surface area (Å²) in [6.07, 6.45) is 10.2. The van der Waals surface area contributed by atoms with Crippen LogP contribution in [-0.4, -0.2) is 142 Å². The lowest BCUT2D eigenvalue weighted by molar-refractivity contribution is -0.267. The number of ether oxygens (including phenoxy) is 5. The number of nitrogens with zero attached hydrogens (tertiary/aromatic N) is 1. The number of carbonyl (C=O) groups is 5. The molecule has 390 valence electrons. The van der Waals surface area contributed by atoms with Crippen LogP contribution in [0, 0.1) is 35.5 Å². The second kappa shape index (κ2) is 26.3. The van der Waals surface area contributed by atoms with Crippen LogP contribution in [0.4, 0.5) is 0 Å². The first-order valence-corrected chi connectivity index (χ1v) is 25.4. The van der Waals surface area contributed by atoms with E-state index >= 15 is 0 Å². The number of carbonyl (C=O) groups excluding carboxylic acids is 5. The summed E-state index contributed by atoms with van der Waals surface area (Å²) < 4.78 is 30.1. The average Bonchev–Trinajstić information content (AvgIpc) is 3.31. The monoisotopic (exact) mass is 972 g/mol. The molecule has 3 fully saturated rings. The van der Waals surface area contributed by atoms with Gasteiger partial charge < -0.3 is 49.0 Å². The van der Waals surface area contributed by atoms with Gasteiger partial charge in [-0.05, 0) is 121 Å². The molecule has 15 atom stereocenters. The Kier molecular flexibility index (Phi) is 22.2. The largest absolute Gasteiger partial charge is 0.460 e. The molecule has 3 aliphatic heterocycles. The van der Waals surface area contributed by atoms with Gasteiger partial charge in [-0.1, -0.05) is 71.1 Å². The molecule has 0 aromatic rings. The molecule has 69 heavy (non-hydrogen) atoms. The van der Waals surface area contributed by atoms with Gasteiger partial charge in [-0.3, -0.25) is 19.2 Å². The number of cyclic esters (lactones) is 1. The van der Waals surface area contributed by atoms with E-state index < -0.39 is 89.5 Å². The van der Waals surface area contributed by atoms with Gasteiger partial charge in [0.05, 0.1) is 36.6 Å². The maximum atomic E-state index is 14.4. The molecule has 1 aliphatic carbocycles. The van der Waals surface area contributed by atoms with Gasteiger partial charge in [-0.25, -0.2) is 4.79 Å². The normalized spacial score (nSPS) is 39.0. The van der Waals surface area contributed by atoms with Crippen LogP contribution in [0.15, 0.2) is 47.6 Å². The second-order valence-corrected chi connectivity index (χ2v) is 21.4. The van der Waals surface area contributed by atoms with Gasteiger partial charge >= 0.3 is 5.97 Å². The van der Waals surface area contributed by atoms with Crippen LogP contribution in [0.5, 0.6) is 0 Å². The number of piperidine rings is 1. The highest BCUT2D eigenvalue weighted by molar-refractivity contribution is 6.39. The van der Waals surface area contributed by atoms with Crippen molar-refractivity contribution in [2.75, 3.05) is 27.4 Å². The molecule has 1 amide bonds. The average molecular weight is 972 g/mol. The number of hydrogen-bond donors (Lipinski definition) is 4. The van der Waals surface area contributed by atoms with Gasteiger partial charge in [-0.15, -0.1) is 0 Å². The third-order valence-electron chi connectivity index (χ3n) is 15.0. The van der Waals surface area contributed by atoms with Crippen LogP contribution in [0.3, 0.4) is 0 Å². The molecule has 4 N–H and O–H groups in total. The number of amides is 1. The smallest absolute Gasteiger partial charge is 0.329 e. The Morgan fingerprint density at radius 2 is 1.59 bits per heavy atom. The van der Waals surface area contributed by atoms with Gasteiger partial charge in [0, 0.05) is 51.4 Å². The Morgan fingerprint density at radius 3 is 2.26 bits per heavy atom. The second-order valence-electron chi connectivity index (χ2n) is 21.4. The fourth-order valence-corrected chi connectivity index (χ4v) is 10.4. The maximum Gasteiger partial charge on any atom is 0.329 e. The Labute approximate surface area is 411 Å². The molecule has 15 nitrogen and oxygen atoms in total. The minimum Gasteiger partial charge on any atom is -0.460 e. The van der Waals surface area contributed by atoms with E-state index in [2.05, 4.69) is 0 Å². The molecule has 4 rings (SSSR count). The molecule has 1 unspecified atom stereocenters. The van der Waals surface area contributed by atoms with Crippen LogP contribution in [0.1, 0.15) is 139 Å². The number of hydrogen-bond acceptors (Lipinski definition) is 14. The predicted octanol–water partition coefficient (Wildman–Crippen LogP) is 6.32. The Morgan fingerprint density at radius 1 is 0.884 bits per heavy atom. The Hall–Kier alpha value is -3.41. The molecule has 0 radical (unpaired) electrons. The highest BCUT2D eigenvalue weighted by Crippen LogP contribution is 2.38. The van der Waals surface area contributed by atoms with Gasteiger partial charge in [0.2, 0.25) is 5.79 Å². The number of methoxy groups -OCH3 is 2. The first kappa shape index (κ1) is 58.2. The van der Waals surface area contributed by atoms with E-state index in [4.69, 9.17) is 23.7 Å². The highest BCUT2D eigenvalue weighted by Gasteiger charge is 2.53. The maximum absolute atomic E-state index is 14.4. The van der Waals surface area contributed by atoms with E-state index in [0.717, 1.165) is 5.57 Å². The van der Waals surface area contributed by atoms with Gasteiger partial charge in [-0.2, -0.15) is 0 Å². The number of Topliss-reactive ketones (excluding diaryl/α,β-unsaturated/α-hetero) is 3. The fourth-order valence-electron chi connectivity index (χ4n) is 10.4. The zero-order valence-corrected chi connectivity index (χ0v) is 43.3. The van der Waals surface area contributed by atoms with Crippen molar-refractivity contribution in [3.8, 4) is 0 Å². The van der Waals surface area contributed by atoms with Gasteiger partial charge in [0.25, 0.3) is 11.7 Å². The van der Waals surface area contributed by atoms with Crippen LogP contribution >= 0.6 is 0 Å². The zero-order chi connectivity index (χ0) is 51.4. The molecule has 4 aliphatic rings. The van der Waals surface area contributed by atoms with Crippen LogP contribution in [-0.2, 0) is 47.7 Å². The molecule has 15 heteroatoms. The zero-order valence-electron chi connectivity index (χ0n) is 43.3. The predicted molar refractivity (Wildman–Crippen MR) is 260 cm³/mol. The summed E-state index contributed by atoms with van der Waals surface area (Å²) >= 11 is 0. The minimum absolute atomic E-state index is 0.0180. The van der Waals surface area contributed by atoms with E-state index in [-0.39, 0.29) is 67.8 Å². The van der Waals surface area contributed by atoms with Crippen LogP contribution in [0.2, 0.25) is 0 Å². The van der Waals surface area contributed by atoms with Crippen molar-refractivity contribution < 1.29 is 68.1 Å². The number of aliphatic hydroxyl groups excluding tert-OH is 3. The van der Waals surface area contributed by atoms with E-state index in [1.807, 2.05) is 51.2 Å². The van der Waals surface area contributed by atoms with Crippen molar-refractivity contribution in [3.05, 3.63) is 47.6 Å². The molecule has 2 saturated heterocycles. The quantitative estimate of drug-likeness (QED) is 0.119. The number of aliphatic hydroxyl groups is 4. The summed E-state index contributed by atoms with van der Waals surface area (Å²) in [4.78, 5) is 72.3. The van der Waals surface area contributed by atoms with Crippen molar-refractivity contribution in [1.29, 1.82) is 0 Å². The Balaban J connectivity index is 1.74. The molecule has 3 heterocycles. The van der Waals surface area contributed by atoms with Crippen molar-refractivity contribution >= 4 is 29.2 Å². The number of fused-ring (bicyclic) bond motifs is 3. The number of rotatable bonds is 8. The first-order chi connectivity index (χ1) is 32.5. The summed E-state index contributed by atoms with van der Waals surface area (Å²) in [5.41, 5.74) is 0.211. The number of allylic oxidation sites excluding steroid dienone is 6. The van der Waals surface area contributed by atoms with Crippen LogP contribution < -0.4 is 0 Å². The van der Waals surface area contributed by atoms with E-state index in [1.54, 1.807) is 54.7 Å². The first-order valence-electron chi connectivity index (χ1n) is 25.4. The van der Waals surface area contributed by atoms with Crippen molar-refractivity contribution in [3.63, 3.8) is 0 Å². The van der Waals surface area contributed by atoms with Gasteiger partial charge in [0.1, 0.15) is 30.1 Å². The summed E-state index contributed by atoms with van der Waals surface area (Å²) in [7, 11) is 2.93. The molecule has 0 spiro atoms. The topological polar surface area (TPSA) is 216 Å². The summed E-state index contributed by atoms with van der Waals surface area (Å²) in [6, 6.07) is -1.17.